The van der Waals surface area contributed by atoms with Gasteiger partial charge >= 0.3 is 0 Å². The molecule has 0 N–H and O–H groups in total. The predicted octanol–water partition coefficient (Wildman–Crippen LogP) is 8.94. The number of hydrogen-bond acceptors (Lipinski definition) is 7. The van der Waals surface area contributed by atoms with Crippen LogP contribution in [0.2, 0.25) is 51.4 Å². The number of hydrogen-bond donors (Lipinski definition) is 0. The summed E-state index contributed by atoms with van der Waals surface area (Å²) < 4.78 is 14.7. The van der Waals surface area contributed by atoms with E-state index in [9.17, 15) is 0 Å². The fraction of sp³-hybridized carbons (Fsp3) is 0.564. The molecule has 1 aliphatic rings. The fourth-order valence-electron chi connectivity index (χ4n) is 6.24. The molecule has 0 atom stereocenters. The molecule has 49 heavy (non-hydrogen) atoms. The van der Waals surface area contributed by atoms with Crippen LogP contribution in [0.4, 0.5) is 5.82 Å². The van der Waals surface area contributed by atoms with Crippen LogP contribution in [0.5, 0.6) is 0 Å². The van der Waals surface area contributed by atoms with Gasteiger partial charge in [0.1, 0.15) is 19.3 Å². The third kappa shape index (κ3) is 10.8. The maximum atomic E-state index is 6.37. The Morgan fingerprint density at radius 3 is 2.00 bits per heavy atom. The lowest BCUT2D eigenvalue weighted by atomic mass is 9.89. The van der Waals surface area contributed by atoms with Crippen molar-refractivity contribution in [2.24, 2.45) is 5.92 Å². The molecule has 0 spiro atoms. The summed E-state index contributed by atoms with van der Waals surface area (Å²) in [6.45, 7) is 26.0. The molecule has 10 heteroatoms. The smallest absolute Gasteiger partial charge is 0.165 e. The number of anilines is 1. The minimum atomic E-state index is -1.22. The minimum Gasteiger partial charge on any atom is -0.361 e. The molecule has 0 radical (unpaired) electrons. The summed E-state index contributed by atoms with van der Waals surface area (Å²) in [5, 5.41) is 4.94. The number of piperidine rings is 1. The molecule has 1 aliphatic heterocycles. The number of pyridine rings is 1. The first-order valence-corrected chi connectivity index (χ1v) is 25.6. The Bertz CT molecular complexity index is 1590. The number of benzene rings is 1. The van der Waals surface area contributed by atoms with Crippen LogP contribution in [0.25, 0.3) is 28.0 Å². The second kappa shape index (κ2) is 16.0. The van der Waals surface area contributed by atoms with Crippen LogP contribution in [0, 0.1) is 5.92 Å². The lowest BCUT2D eigenvalue weighted by Gasteiger charge is -2.41. The predicted molar refractivity (Wildman–Crippen MR) is 210 cm³/mol. The molecule has 0 bridgehead atoms. The van der Waals surface area contributed by atoms with Crippen LogP contribution in [0.15, 0.2) is 60.9 Å². The molecule has 8 nitrogen and oxygen atoms in total. The summed E-state index contributed by atoms with van der Waals surface area (Å²) in [4.78, 5) is 15.0. The van der Waals surface area contributed by atoms with E-state index in [-0.39, 0.29) is 5.54 Å². The highest BCUT2D eigenvalue weighted by molar-refractivity contribution is 6.76. The van der Waals surface area contributed by atoms with E-state index in [4.69, 9.17) is 24.5 Å². The number of aromatic nitrogens is 4. The average Bonchev–Trinajstić information content (AvgIpc) is 3.47. The zero-order chi connectivity index (χ0) is 35.2. The van der Waals surface area contributed by atoms with E-state index in [2.05, 4.69) is 100 Å². The van der Waals surface area contributed by atoms with Crippen molar-refractivity contribution in [2.75, 3.05) is 44.7 Å². The van der Waals surface area contributed by atoms with Crippen molar-refractivity contribution < 1.29 is 9.47 Å². The molecule has 0 aliphatic carbocycles. The van der Waals surface area contributed by atoms with Crippen LogP contribution in [-0.4, -0.2) is 85.9 Å². The van der Waals surface area contributed by atoms with E-state index in [1.165, 1.54) is 12.8 Å². The molecule has 1 aromatic carbocycles. The van der Waals surface area contributed by atoms with Gasteiger partial charge in [-0.15, -0.1) is 0 Å². The summed E-state index contributed by atoms with van der Waals surface area (Å²) in [6.07, 6.45) is 7.19. The molecule has 266 valence electrons. The van der Waals surface area contributed by atoms with Crippen LogP contribution in [0.3, 0.4) is 0 Å². The van der Waals surface area contributed by atoms with Gasteiger partial charge in [0, 0.05) is 69.5 Å². The van der Waals surface area contributed by atoms with E-state index in [0.29, 0.717) is 19.4 Å². The van der Waals surface area contributed by atoms with Gasteiger partial charge in [-0.2, -0.15) is 9.61 Å². The van der Waals surface area contributed by atoms with Crippen molar-refractivity contribution in [3.05, 3.63) is 66.6 Å². The monoisotopic (exact) mass is 700 g/mol. The van der Waals surface area contributed by atoms with Crippen molar-refractivity contribution in [3.8, 4) is 22.4 Å². The molecular formula is C39H60N6O2Si2. The molecular weight excluding hydrogens is 641 g/mol. The molecule has 4 aromatic rings. The summed E-state index contributed by atoms with van der Waals surface area (Å²) in [7, 11) is -2.44. The van der Waals surface area contributed by atoms with Crippen LogP contribution in [0.1, 0.15) is 39.3 Å². The zero-order valence-corrected chi connectivity index (χ0v) is 33.6. The first kappa shape index (κ1) is 37.4. The lowest BCUT2D eigenvalue weighted by Crippen LogP contribution is -2.46. The summed E-state index contributed by atoms with van der Waals surface area (Å²) in [6, 6.07) is 19.0. The molecule has 0 amide bonds. The van der Waals surface area contributed by atoms with Crippen LogP contribution >= 0.6 is 0 Å². The quantitative estimate of drug-likeness (QED) is 0.0697. The zero-order valence-electron chi connectivity index (χ0n) is 31.6. The Labute approximate surface area is 297 Å². The van der Waals surface area contributed by atoms with Crippen LogP contribution < -0.4 is 4.90 Å². The van der Waals surface area contributed by atoms with Gasteiger partial charge in [0.2, 0.25) is 0 Å². The maximum Gasteiger partial charge on any atom is 0.165 e. The Hall–Kier alpha value is -2.90. The number of ether oxygens (including phenoxy) is 2. The molecule has 0 unspecified atom stereocenters. The maximum absolute atomic E-state index is 6.37. The molecule has 1 fully saturated rings. The SMILES string of the molecule is CC(C)(C)N1CCC(Cc2cc(N(COCC[Si](C)(C)C)COCC[Si](C)(C)C)n3ncc(-c4ccc(-c5ccccc5)nc4)c3n2)CC1. The topological polar surface area (TPSA) is 68.0 Å². The van der Waals surface area contributed by atoms with Crippen molar-refractivity contribution in [3.63, 3.8) is 0 Å². The van der Waals surface area contributed by atoms with Gasteiger partial charge < -0.3 is 14.4 Å². The highest BCUT2D eigenvalue weighted by atomic mass is 28.3. The van der Waals surface area contributed by atoms with E-state index in [1.807, 2.05) is 35.1 Å². The third-order valence-corrected chi connectivity index (χ3v) is 12.9. The van der Waals surface area contributed by atoms with Gasteiger partial charge in [-0.25, -0.2) is 4.98 Å². The largest absolute Gasteiger partial charge is 0.361 e. The number of fused-ring (bicyclic) bond motifs is 1. The van der Waals surface area contributed by atoms with Crippen molar-refractivity contribution in [1.29, 1.82) is 0 Å². The number of nitrogens with zero attached hydrogens (tertiary/aromatic N) is 6. The fourth-order valence-corrected chi connectivity index (χ4v) is 7.75. The Morgan fingerprint density at radius 2 is 1.45 bits per heavy atom. The van der Waals surface area contributed by atoms with Gasteiger partial charge in [-0.05, 0) is 77.2 Å². The number of likely N-dealkylation sites (tertiary alicyclic amines) is 1. The van der Waals surface area contributed by atoms with Crippen molar-refractivity contribution >= 4 is 27.6 Å². The summed E-state index contributed by atoms with van der Waals surface area (Å²) >= 11 is 0. The summed E-state index contributed by atoms with van der Waals surface area (Å²) in [5.41, 5.74) is 6.20. The van der Waals surface area contributed by atoms with E-state index in [1.54, 1.807) is 0 Å². The molecule has 4 heterocycles. The molecule has 1 saturated heterocycles. The molecule has 5 rings (SSSR count). The van der Waals surface area contributed by atoms with Gasteiger partial charge in [-0.1, -0.05) is 75.7 Å². The third-order valence-electron chi connectivity index (χ3n) is 9.52. The highest BCUT2D eigenvalue weighted by Gasteiger charge is 2.28. The van der Waals surface area contributed by atoms with E-state index >= 15 is 0 Å². The average molecular weight is 701 g/mol. The highest BCUT2D eigenvalue weighted by Crippen LogP contribution is 2.31. The first-order valence-electron chi connectivity index (χ1n) is 18.2. The van der Waals surface area contributed by atoms with Gasteiger partial charge in [0.05, 0.1) is 11.9 Å². The Kier molecular flexibility index (Phi) is 12.2. The summed E-state index contributed by atoms with van der Waals surface area (Å²) in [5.74, 6) is 1.56. The van der Waals surface area contributed by atoms with Gasteiger partial charge in [0.25, 0.3) is 0 Å². The number of rotatable bonds is 15. The Balaban J connectivity index is 1.48. The standard InChI is InChI=1S/C39H60N6O2Si2/c1-39(2,3)44-19-17-31(18-20-44)25-34-26-37(43(29-46-21-23-48(4,5)6)30-47-22-24-49(7,8)9)45-38(42-34)35(28-41-45)33-15-16-36(40-27-33)32-13-11-10-12-14-32/h10-16,26-28,31H,17-25,29-30H2,1-9H3. The van der Waals surface area contributed by atoms with Crippen LogP contribution in [-0.2, 0) is 15.9 Å². The van der Waals surface area contributed by atoms with Crippen molar-refractivity contribution in [1.82, 2.24) is 24.5 Å². The van der Waals surface area contributed by atoms with Crippen molar-refractivity contribution in [2.45, 2.75) is 96.9 Å². The molecule has 0 saturated carbocycles. The van der Waals surface area contributed by atoms with E-state index in [0.717, 1.165) is 84.4 Å². The van der Waals surface area contributed by atoms with Gasteiger partial charge in [0.15, 0.2) is 5.65 Å². The second-order valence-corrected chi connectivity index (χ2v) is 28.5. The lowest BCUT2D eigenvalue weighted by molar-refractivity contribution is 0.0873. The minimum absolute atomic E-state index is 0.206. The van der Waals surface area contributed by atoms with Gasteiger partial charge in [-0.3, -0.25) is 9.88 Å². The molecule has 3 aromatic heterocycles. The first-order chi connectivity index (χ1) is 23.2. The Morgan fingerprint density at radius 1 is 0.816 bits per heavy atom. The second-order valence-electron chi connectivity index (χ2n) is 17.2. The van der Waals surface area contributed by atoms with E-state index < -0.39 is 16.1 Å². The normalized spacial score (nSPS) is 15.3.